The van der Waals surface area contributed by atoms with Crippen LogP contribution >= 0.6 is 23.2 Å². The highest BCUT2D eigenvalue weighted by Gasteiger charge is 2.34. The molecule has 0 bridgehead atoms. The van der Waals surface area contributed by atoms with E-state index in [9.17, 15) is 14.7 Å². The van der Waals surface area contributed by atoms with Crippen molar-refractivity contribution in [3.05, 3.63) is 93.5 Å². The zero-order valence-corrected chi connectivity index (χ0v) is 19.7. The van der Waals surface area contributed by atoms with Crippen molar-refractivity contribution in [2.45, 2.75) is 31.4 Å². The van der Waals surface area contributed by atoms with Crippen LogP contribution < -0.4 is 10.8 Å². The van der Waals surface area contributed by atoms with Crippen molar-refractivity contribution < 1.29 is 19.9 Å². The summed E-state index contributed by atoms with van der Waals surface area (Å²) in [6.45, 7) is 0. The molecule has 4 N–H and O–H groups in total. The molecular formula is C26H24Cl2N2O4. The minimum absolute atomic E-state index is 0.197. The van der Waals surface area contributed by atoms with Gasteiger partial charge in [0.15, 0.2) is 0 Å². The maximum absolute atomic E-state index is 13.2. The van der Waals surface area contributed by atoms with Crippen molar-refractivity contribution in [2.24, 2.45) is 5.92 Å². The summed E-state index contributed by atoms with van der Waals surface area (Å²) in [5.41, 5.74) is 6.03. The highest BCUT2D eigenvalue weighted by molar-refractivity contribution is 6.36. The Morgan fingerprint density at radius 3 is 2.47 bits per heavy atom. The first-order valence-electron chi connectivity index (χ1n) is 10.9. The molecule has 0 unspecified atom stereocenters. The van der Waals surface area contributed by atoms with Crippen LogP contribution in [0.1, 0.15) is 29.2 Å². The molecule has 0 aliphatic heterocycles. The van der Waals surface area contributed by atoms with Crippen LogP contribution in [0.15, 0.2) is 66.7 Å². The minimum atomic E-state index is -0.739. The van der Waals surface area contributed by atoms with Crippen molar-refractivity contribution in [1.82, 2.24) is 10.8 Å². The maximum Gasteiger partial charge on any atom is 0.244 e. The fourth-order valence-corrected chi connectivity index (χ4v) is 4.89. The molecular weight excluding hydrogens is 475 g/mol. The summed E-state index contributed by atoms with van der Waals surface area (Å²) in [6.07, 6.45) is -0.204. The quantitative estimate of drug-likeness (QED) is 0.285. The predicted molar refractivity (Wildman–Crippen MR) is 131 cm³/mol. The number of rotatable bonds is 7. The predicted octanol–water partition coefficient (Wildman–Crippen LogP) is 4.49. The molecule has 0 fully saturated rings. The van der Waals surface area contributed by atoms with Gasteiger partial charge in [0.05, 0.1) is 18.1 Å². The maximum atomic E-state index is 13.2. The Hall–Kier alpha value is -2.90. The Morgan fingerprint density at radius 1 is 1.03 bits per heavy atom. The topological polar surface area (TPSA) is 98.7 Å². The molecule has 0 heterocycles. The van der Waals surface area contributed by atoms with Crippen LogP contribution in [0.5, 0.6) is 0 Å². The van der Waals surface area contributed by atoms with Crippen molar-refractivity contribution in [3.63, 3.8) is 0 Å². The molecule has 34 heavy (non-hydrogen) atoms. The summed E-state index contributed by atoms with van der Waals surface area (Å²) in [5, 5.41) is 23.5. The molecule has 0 spiro atoms. The van der Waals surface area contributed by atoms with E-state index in [-0.39, 0.29) is 18.7 Å². The Kier molecular flexibility index (Phi) is 7.54. The van der Waals surface area contributed by atoms with Crippen LogP contribution in [-0.4, -0.2) is 28.2 Å². The summed E-state index contributed by atoms with van der Waals surface area (Å²) < 4.78 is 0. The Labute approximate surface area is 207 Å². The van der Waals surface area contributed by atoms with E-state index < -0.39 is 24.0 Å². The normalized spacial score (nSPS) is 17.6. The third-order valence-corrected chi connectivity index (χ3v) is 6.66. The number of aliphatic hydroxyl groups is 1. The summed E-state index contributed by atoms with van der Waals surface area (Å²) >= 11 is 12.3. The molecule has 3 aromatic carbocycles. The van der Waals surface area contributed by atoms with Crippen molar-refractivity contribution in [2.75, 3.05) is 0 Å². The van der Waals surface area contributed by atoms with Crippen molar-refractivity contribution >= 4 is 35.0 Å². The Morgan fingerprint density at radius 2 is 1.76 bits per heavy atom. The largest absolute Gasteiger partial charge is 0.390 e. The molecule has 4 rings (SSSR count). The number of hydrogen-bond acceptors (Lipinski definition) is 4. The van der Waals surface area contributed by atoms with Crippen LogP contribution in [-0.2, 0) is 22.4 Å². The molecule has 3 aromatic rings. The van der Waals surface area contributed by atoms with Crippen LogP contribution in [0, 0.1) is 5.92 Å². The van der Waals surface area contributed by atoms with Gasteiger partial charge in [-0.3, -0.25) is 14.8 Å². The van der Waals surface area contributed by atoms with Crippen molar-refractivity contribution in [3.8, 4) is 11.1 Å². The first-order valence-corrected chi connectivity index (χ1v) is 11.6. The molecule has 1 aliphatic rings. The average Bonchev–Trinajstić information content (AvgIpc) is 3.14. The SMILES string of the molecule is O=C(C[C@@H](Cc1ccc(-c2ccc(Cl)cc2Cl)cc1)C(=O)N[C@H]1c2ccccc2C[C@H]1O)NO. The second kappa shape index (κ2) is 10.6. The van der Waals surface area contributed by atoms with Crippen LogP contribution in [0.25, 0.3) is 11.1 Å². The highest BCUT2D eigenvalue weighted by atomic mass is 35.5. The highest BCUT2D eigenvalue weighted by Crippen LogP contribution is 2.33. The van der Waals surface area contributed by atoms with E-state index in [1.54, 1.807) is 17.6 Å². The molecule has 1 aliphatic carbocycles. The number of amides is 2. The lowest BCUT2D eigenvalue weighted by Gasteiger charge is -2.22. The first kappa shape index (κ1) is 24.2. The number of hydroxylamine groups is 1. The average molecular weight is 499 g/mol. The van der Waals surface area contributed by atoms with Gasteiger partial charge in [-0.15, -0.1) is 0 Å². The summed E-state index contributed by atoms with van der Waals surface area (Å²) in [6, 6.07) is 19.8. The minimum Gasteiger partial charge on any atom is -0.390 e. The second-order valence-corrected chi connectivity index (χ2v) is 9.26. The Balaban J connectivity index is 1.51. The Bertz CT molecular complexity index is 1200. The third kappa shape index (κ3) is 5.42. The fraction of sp³-hybridized carbons (Fsp3) is 0.231. The van der Waals surface area contributed by atoms with E-state index in [1.807, 2.05) is 54.6 Å². The van der Waals surface area contributed by atoms with Gasteiger partial charge in [-0.25, -0.2) is 5.48 Å². The summed E-state index contributed by atoms with van der Waals surface area (Å²) in [5.74, 6) is -1.76. The molecule has 3 atom stereocenters. The van der Waals surface area contributed by atoms with Crippen LogP contribution in [0.4, 0.5) is 0 Å². The molecule has 0 saturated carbocycles. The van der Waals surface area contributed by atoms with E-state index >= 15 is 0 Å². The van der Waals surface area contributed by atoms with Gasteiger partial charge >= 0.3 is 0 Å². The lowest BCUT2D eigenvalue weighted by Crippen LogP contribution is -2.40. The third-order valence-electron chi connectivity index (χ3n) is 6.11. The smallest absolute Gasteiger partial charge is 0.244 e. The number of benzene rings is 3. The van der Waals surface area contributed by atoms with E-state index in [0.717, 1.165) is 27.8 Å². The first-order chi connectivity index (χ1) is 16.4. The molecule has 176 valence electrons. The van der Waals surface area contributed by atoms with E-state index in [2.05, 4.69) is 5.32 Å². The molecule has 8 heteroatoms. The van der Waals surface area contributed by atoms with Crippen LogP contribution in [0.3, 0.4) is 0 Å². The van der Waals surface area contributed by atoms with E-state index in [0.29, 0.717) is 16.5 Å². The number of nitrogens with one attached hydrogen (secondary N) is 2. The number of halogens is 2. The molecule has 0 aromatic heterocycles. The lowest BCUT2D eigenvalue weighted by molar-refractivity contribution is -0.135. The number of aliphatic hydroxyl groups excluding tert-OH is 1. The standard InChI is InChI=1S/C26H24Cl2N2O4/c27-19-9-10-20(22(28)14-19)16-7-5-15(6-8-16)11-18(13-24(32)30-34)26(33)29-25-21-4-2-1-3-17(21)12-23(25)31/h1-10,14,18,23,25,31,34H,11-13H2,(H,29,33)(H,30,32)/t18-,23-,25+/m1/s1. The lowest BCUT2D eigenvalue weighted by atomic mass is 9.93. The molecule has 0 saturated heterocycles. The van der Waals surface area contributed by atoms with Gasteiger partial charge < -0.3 is 10.4 Å². The van der Waals surface area contributed by atoms with Crippen LogP contribution in [0.2, 0.25) is 10.0 Å². The zero-order chi connectivity index (χ0) is 24.2. The van der Waals surface area contributed by atoms with Gasteiger partial charge in [-0.1, -0.05) is 77.8 Å². The summed E-state index contributed by atoms with van der Waals surface area (Å²) in [7, 11) is 0. The number of carbonyl (C=O) groups is 2. The van der Waals surface area contributed by atoms with Gasteiger partial charge in [0.2, 0.25) is 11.8 Å². The van der Waals surface area contributed by atoms with Gasteiger partial charge in [-0.2, -0.15) is 0 Å². The van der Waals surface area contributed by atoms with Gasteiger partial charge in [0, 0.05) is 28.5 Å². The molecule has 0 radical (unpaired) electrons. The van der Waals surface area contributed by atoms with Gasteiger partial charge in [0.1, 0.15) is 0 Å². The number of hydrogen-bond donors (Lipinski definition) is 4. The van der Waals surface area contributed by atoms with Gasteiger partial charge in [-0.05, 0) is 40.8 Å². The zero-order valence-electron chi connectivity index (χ0n) is 18.2. The number of carbonyl (C=O) groups excluding carboxylic acids is 2. The second-order valence-electron chi connectivity index (χ2n) is 8.42. The number of fused-ring (bicyclic) bond motifs is 1. The summed E-state index contributed by atoms with van der Waals surface area (Å²) in [4.78, 5) is 25.1. The fourth-order valence-electron chi connectivity index (χ4n) is 4.37. The van der Waals surface area contributed by atoms with Crippen molar-refractivity contribution in [1.29, 1.82) is 0 Å². The monoisotopic (exact) mass is 498 g/mol. The van der Waals surface area contributed by atoms with E-state index in [1.165, 1.54) is 0 Å². The van der Waals surface area contributed by atoms with E-state index in [4.69, 9.17) is 28.4 Å². The molecule has 2 amide bonds. The molecule has 6 nitrogen and oxygen atoms in total. The van der Waals surface area contributed by atoms with Gasteiger partial charge in [0.25, 0.3) is 0 Å².